The second-order valence-electron chi connectivity index (χ2n) is 7.00. The minimum absolute atomic E-state index is 0.166. The smallest absolute Gasteiger partial charge is 0.407 e. The van der Waals surface area contributed by atoms with E-state index in [0.29, 0.717) is 28.4 Å². The summed E-state index contributed by atoms with van der Waals surface area (Å²) in [4.78, 5) is 17.2. The van der Waals surface area contributed by atoms with Gasteiger partial charge in [-0.3, -0.25) is 4.39 Å². The molecule has 2 aromatic heterocycles. The van der Waals surface area contributed by atoms with E-state index in [9.17, 15) is 9.18 Å². The quantitative estimate of drug-likeness (QED) is 0.524. The van der Waals surface area contributed by atoms with Crippen molar-refractivity contribution in [2.75, 3.05) is 12.9 Å². The minimum atomic E-state index is -0.618. The number of hydrogen-bond donors (Lipinski definition) is 1. The van der Waals surface area contributed by atoms with Crippen molar-refractivity contribution in [2.24, 2.45) is 0 Å². The lowest BCUT2D eigenvalue weighted by Gasteiger charge is -2.23. The van der Waals surface area contributed by atoms with E-state index < -0.39 is 24.4 Å². The highest BCUT2D eigenvalue weighted by molar-refractivity contribution is 7.98. The molecule has 2 aromatic rings. The Morgan fingerprint density at radius 2 is 2.19 bits per heavy atom. The highest BCUT2D eigenvalue weighted by Gasteiger charge is 2.23. The highest BCUT2D eigenvalue weighted by Crippen LogP contribution is 2.33. The first kappa shape index (κ1) is 20.8. The number of pyridine rings is 1. The van der Waals surface area contributed by atoms with E-state index in [2.05, 4.69) is 10.3 Å². The second-order valence-corrected chi connectivity index (χ2v) is 8.24. The number of nitrogens with one attached hydrogen (secondary N) is 1. The molecule has 8 heteroatoms. The number of furan rings is 1. The van der Waals surface area contributed by atoms with Gasteiger partial charge in [-0.25, -0.2) is 9.78 Å². The molecule has 0 aromatic carbocycles. The van der Waals surface area contributed by atoms with Gasteiger partial charge in [0.1, 0.15) is 22.0 Å². The maximum Gasteiger partial charge on any atom is 0.407 e. The minimum Gasteiger partial charge on any atom is -0.458 e. The molecular formula is C18H24ClFN2O3S. The van der Waals surface area contributed by atoms with Crippen LogP contribution < -0.4 is 5.32 Å². The zero-order chi connectivity index (χ0) is 19.5. The first-order valence-electron chi connectivity index (χ1n) is 8.32. The maximum absolute atomic E-state index is 13.0. The summed E-state index contributed by atoms with van der Waals surface area (Å²) in [6.07, 6.45) is 1.87. The molecule has 2 rings (SSSR count). The number of carbonyl (C=O) groups excluding carboxylic acids is 1. The lowest BCUT2D eigenvalue weighted by Crippen LogP contribution is -2.40. The highest BCUT2D eigenvalue weighted by atomic mass is 35.5. The number of aryl methyl sites for hydroxylation is 1. The van der Waals surface area contributed by atoms with E-state index in [1.807, 2.05) is 13.2 Å². The molecule has 0 aliphatic rings. The van der Waals surface area contributed by atoms with Gasteiger partial charge in [-0.1, -0.05) is 11.6 Å². The zero-order valence-corrected chi connectivity index (χ0v) is 17.2. The van der Waals surface area contributed by atoms with Gasteiger partial charge < -0.3 is 14.5 Å². The van der Waals surface area contributed by atoms with Crippen LogP contribution in [-0.4, -0.2) is 35.7 Å². The summed E-state index contributed by atoms with van der Waals surface area (Å²) < 4.78 is 24.2. The second kappa shape index (κ2) is 8.48. The number of nitrogens with zero attached hydrogens (tertiary/aromatic N) is 1. The molecule has 0 spiro atoms. The topological polar surface area (TPSA) is 64.4 Å². The summed E-state index contributed by atoms with van der Waals surface area (Å²) in [5, 5.41) is 3.11. The number of aromatic nitrogens is 1. The summed E-state index contributed by atoms with van der Waals surface area (Å²) in [5.41, 5.74) is 1.57. The summed E-state index contributed by atoms with van der Waals surface area (Å²) in [5.74, 6) is 0.652. The van der Waals surface area contributed by atoms with Gasteiger partial charge in [0, 0.05) is 18.0 Å². The van der Waals surface area contributed by atoms with Crippen molar-refractivity contribution >= 4 is 40.6 Å². The summed E-state index contributed by atoms with van der Waals surface area (Å²) in [7, 11) is 0. The number of ether oxygens (including phenoxy) is 1. The molecule has 0 saturated carbocycles. The van der Waals surface area contributed by atoms with Crippen LogP contribution in [0.2, 0.25) is 5.15 Å². The van der Waals surface area contributed by atoms with Gasteiger partial charge in [-0.2, -0.15) is 0 Å². The zero-order valence-electron chi connectivity index (χ0n) is 15.6. The number of alkyl carbamates (subject to hydrolysis) is 1. The van der Waals surface area contributed by atoms with E-state index in [-0.39, 0.29) is 6.42 Å². The SMILES string of the molecule is CSc1cc(Cl)nc2c(C)c(CC(CCF)NC(=O)OC(C)(C)C)oc12. The Bertz CT molecular complexity index is 789. The molecule has 0 aliphatic carbocycles. The Kier molecular flexibility index (Phi) is 6.80. The largest absolute Gasteiger partial charge is 0.458 e. The van der Waals surface area contributed by atoms with Gasteiger partial charge in [-0.05, 0) is 46.4 Å². The number of thioether (sulfide) groups is 1. The van der Waals surface area contributed by atoms with Crippen molar-refractivity contribution in [3.05, 3.63) is 22.5 Å². The molecule has 0 saturated heterocycles. The fourth-order valence-corrected chi connectivity index (χ4v) is 3.38. The monoisotopic (exact) mass is 402 g/mol. The van der Waals surface area contributed by atoms with Gasteiger partial charge in [0.2, 0.25) is 0 Å². The van der Waals surface area contributed by atoms with Gasteiger partial charge in [0.05, 0.1) is 11.6 Å². The third-order valence-electron chi connectivity index (χ3n) is 3.74. The van der Waals surface area contributed by atoms with Crippen LogP contribution in [0.25, 0.3) is 11.1 Å². The lowest BCUT2D eigenvalue weighted by atomic mass is 10.1. The third-order valence-corrected chi connectivity index (χ3v) is 4.67. The van der Waals surface area contributed by atoms with Crippen molar-refractivity contribution in [1.82, 2.24) is 10.3 Å². The number of carbonyl (C=O) groups is 1. The Morgan fingerprint density at radius 1 is 1.50 bits per heavy atom. The van der Waals surface area contributed by atoms with Gasteiger partial charge in [0.15, 0.2) is 5.58 Å². The molecule has 144 valence electrons. The van der Waals surface area contributed by atoms with E-state index in [1.54, 1.807) is 26.8 Å². The predicted octanol–water partition coefficient (Wildman–Crippen LogP) is 5.31. The maximum atomic E-state index is 13.0. The van der Waals surface area contributed by atoms with Crippen molar-refractivity contribution < 1.29 is 18.3 Å². The Labute approximate surface area is 162 Å². The van der Waals surface area contributed by atoms with Crippen LogP contribution in [0.1, 0.15) is 38.5 Å². The fraction of sp³-hybridized carbons (Fsp3) is 0.556. The van der Waals surface area contributed by atoms with Crippen LogP contribution in [0.5, 0.6) is 0 Å². The van der Waals surface area contributed by atoms with Crippen LogP contribution in [0, 0.1) is 6.92 Å². The van der Waals surface area contributed by atoms with Crippen LogP contribution in [-0.2, 0) is 11.2 Å². The summed E-state index contributed by atoms with van der Waals surface area (Å²) in [6.45, 7) is 6.66. The van der Waals surface area contributed by atoms with Crippen LogP contribution in [0.3, 0.4) is 0 Å². The molecule has 2 heterocycles. The number of amides is 1. The average molecular weight is 403 g/mol. The summed E-state index contributed by atoms with van der Waals surface area (Å²) >= 11 is 7.59. The number of rotatable bonds is 6. The molecule has 26 heavy (non-hydrogen) atoms. The van der Waals surface area contributed by atoms with Crippen LogP contribution >= 0.6 is 23.4 Å². The lowest BCUT2D eigenvalue weighted by molar-refractivity contribution is 0.0499. The molecule has 0 bridgehead atoms. The Hall–Kier alpha value is -1.47. The molecule has 1 atom stereocenters. The fourth-order valence-electron chi connectivity index (χ4n) is 2.57. The van der Waals surface area contributed by atoms with E-state index in [1.165, 1.54) is 11.8 Å². The van der Waals surface area contributed by atoms with Crippen molar-refractivity contribution in [3.8, 4) is 0 Å². The molecule has 1 N–H and O–H groups in total. The van der Waals surface area contributed by atoms with E-state index >= 15 is 0 Å². The average Bonchev–Trinajstić information content (AvgIpc) is 2.81. The molecule has 0 radical (unpaired) electrons. The standard InChI is InChI=1S/C18H24ClFN2O3S/c1-10-12(24-16-13(26-5)9-14(19)22-15(10)16)8-11(6-7-20)21-17(23)25-18(2,3)4/h9,11H,6-8H2,1-5H3,(H,21,23). The third kappa shape index (κ3) is 5.27. The number of fused-ring (bicyclic) bond motifs is 1. The molecule has 1 amide bonds. The number of hydrogen-bond acceptors (Lipinski definition) is 5. The molecule has 0 aliphatic heterocycles. The molecular weight excluding hydrogens is 379 g/mol. The Balaban J connectivity index is 2.25. The van der Waals surface area contributed by atoms with Gasteiger partial charge >= 0.3 is 6.09 Å². The first-order valence-corrected chi connectivity index (χ1v) is 9.93. The van der Waals surface area contributed by atoms with E-state index in [4.69, 9.17) is 20.8 Å². The molecule has 5 nitrogen and oxygen atoms in total. The van der Waals surface area contributed by atoms with Crippen LogP contribution in [0.4, 0.5) is 9.18 Å². The molecule has 1 unspecified atom stereocenters. The predicted molar refractivity (Wildman–Crippen MR) is 103 cm³/mol. The number of alkyl halides is 1. The summed E-state index contributed by atoms with van der Waals surface area (Å²) in [6, 6.07) is 1.31. The van der Waals surface area contributed by atoms with Crippen molar-refractivity contribution in [3.63, 3.8) is 0 Å². The normalized spacial score (nSPS) is 13.0. The number of halogens is 2. The van der Waals surface area contributed by atoms with Crippen LogP contribution in [0.15, 0.2) is 15.4 Å². The van der Waals surface area contributed by atoms with Gasteiger partial charge in [-0.15, -0.1) is 11.8 Å². The van der Waals surface area contributed by atoms with Gasteiger partial charge in [0.25, 0.3) is 0 Å². The molecule has 0 fully saturated rings. The Morgan fingerprint density at radius 3 is 2.77 bits per heavy atom. The first-order chi connectivity index (χ1) is 12.1. The van der Waals surface area contributed by atoms with Crippen molar-refractivity contribution in [2.45, 2.75) is 57.1 Å². The van der Waals surface area contributed by atoms with Crippen molar-refractivity contribution in [1.29, 1.82) is 0 Å². The van der Waals surface area contributed by atoms with E-state index in [0.717, 1.165) is 10.5 Å².